The van der Waals surface area contributed by atoms with Gasteiger partial charge in [0.1, 0.15) is 11.6 Å². The molecule has 0 aliphatic rings. The lowest BCUT2D eigenvalue weighted by molar-refractivity contribution is 0.365. The van der Waals surface area contributed by atoms with Gasteiger partial charge in [-0.05, 0) is 48.5 Å². The third-order valence-electron chi connectivity index (χ3n) is 4.10. The zero-order valence-electron chi connectivity index (χ0n) is 15.5. The van der Waals surface area contributed by atoms with E-state index in [-0.39, 0.29) is 5.54 Å². The van der Waals surface area contributed by atoms with Gasteiger partial charge < -0.3 is 5.32 Å². The molecule has 3 heterocycles. The Morgan fingerprint density at radius 1 is 1.12 bits per heavy atom. The average molecular weight is 327 g/mol. The van der Waals surface area contributed by atoms with E-state index in [9.17, 15) is 0 Å². The molecular weight excluding hydrogens is 302 g/mol. The molecule has 0 aromatic carbocycles. The van der Waals surface area contributed by atoms with Crippen LogP contribution in [0.5, 0.6) is 0 Å². The van der Waals surface area contributed by atoms with E-state index in [4.69, 9.17) is 0 Å². The minimum atomic E-state index is -0.140. The van der Waals surface area contributed by atoms with Crippen molar-refractivity contribution in [3.63, 3.8) is 0 Å². The summed E-state index contributed by atoms with van der Waals surface area (Å²) in [5.74, 6) is 1.49. The topological polar surface area (TPSA) is 73.5 Å². The fourth-order valence-electron chi connectivity index (χ4n) is 2.91. The quantitative estimate of drug-likeness (QED) is 0.797. The van der Waals surface area contributed by atoms with Crippen molar-refractivity contribution in [3.05, 3.63) is 23.4 Å². The first-order chi connectivity index (χ1) is 11.2. The van der Waals surface area contributed by atoms with Crippen LogP contribution in [0.1, 0.15) is 44.9 Å². The van der Waals surface area contributed by atoms with E-state index in [2.05, 4.69) is 60.1 Å². The Kier molecular flexibility index (Phi) is 3.81. The van der Waals surface area contributed by atoms with Crippen LogP contribution in [0.3, 0.4) is 0 Å². The van der Waals surface area contributed by atoms with Gasteiger partial charge in [0.2, 0.25) is 0 Å². The zero-order valence-corrected chi connectivity index (χ0v) is 15.5. The number of aryl methyl sites for hydroxylation is 3. The van der Waals surface area contributed by atoms with Gasteiger partial charge in [0.15, 0.2) is 5.65 Å². The Morgan fingerprint density at radius 2 is 1.83 bits per heavy atom. The van der Waals surface area contributed by atoms with Crippen LogP contribution in [0.15, 0.2) is 6.20 Å². The first-order valence-electron chi connectivity index (χ1n) is 8.26. The van der Waals surface area contributed by atoms with Crippen molar-refractivity contribution in [3.8, 4) is 0 Å². The van der Waals surface area contributed by atoms with Gasteiger partial charge in [0.05, 0.1) is 34.2 Å². The summed E-state index contributed by atoms with van der Waals surface area (Å²) in [5.41, 5.74) is 3.76. The molecule has 0 saturated carbocycles. The van der Waals surface area contributed by atoms with Gasteiger partial charge in [0.25, 0.3) is 0 Å². The molecule has 3 rings (SSSR count). The Hall–Kier alpha value is -2.44. The molecule has 1 N–H and O–H groups in total. The average Bonchev–Trinajstić information content (AvgIpc) is 3.02. The van der Waals surface area contributed by atoms with Crippen LogP contribution in [-0.4, -0.2) is 29.5 Å². The van der Waals surface area contributed by atoms with Crippen LogP contribution >= 0.6 is 0 Å². The predicted molar refractivity (Wildman–Crippen MR) is 95.7 cm³/mol. The standard InChI is InChI=1S/C17H25N7/c1-8-23-11(3)14(10(2)22-23)21-15-13-9-18-24(17(5,6)7)16(13)20-12(4)19-15/h9H,8H2,1-7H3,(H,19,20,21). The summed E-state index contributed by atoms with van der Waals surface area (Å²) in [7, 11) is 0. The Morgan fingerprint density at radius 3 is 2.42 bits per heavy atom. The van der Waals surface area contributed by atoms with E-state index in [0.29, 0.717) is 5.82 Å². The summed E-state index contributed by atoms with van der Waals surface area (Å²) in [6.07, 6.45) is 1.83. The third kappa shape index (κ3) is 2.64. The predicted octanol–water partition coefficient (Wildman–Crippen LogP) is 3.47. The molecule has 0 unspecified atom stereocenters. The second-order valence-electron chi connectivity index (χ2n) is 7.07. The van der Waals surface area contributed by atoms with Crippen molar-refractivity contribution in [1.29, 1.82) is 0 Å². The maximum absolute atomic E-state index is 4.60. The Balaban J connectivity index is 2.14. The molecule has 3 aromatic rings. The molecule has 0 aliphatic heterocycles. The van der Waals surface area contributed by atoms with Crippen molar-refractivity contribution in [1.82, 2.24) is 29.5 Å². The van der Waals surface area contributed by atoms with Gasteiger partial charge in [-0.2, -0.15) is 10.2 Å². The molecule has 3 aromatic heterocycles. The number of hydrogen-bond acceptors (Lipinski definition) is 5. The Bertz CT molecular complexity index is 896. The first-order valence-corrected chi connectivity index (χ1v) is 8.26. The lowest BCUT2D eigenvalue weighted by atomic mass is 10.1. The highest BCUT2D eigenvalue weighted by Gasteiger charge is 2.21. The summed E-state index contributed by atoms with van der Waals surface area (Å²) >= 11 is 0. The summed E-state index contributed by atoms with van der Waals surface area (Å²) in [6, 6.07) is 0. The fourth-order valence-corrected chi connectivity index (χ4v) is 2.91. The summed E-state index contributed by atoms with van der Waals surface area (Å²) in [5, 5.41) is 13.5. The largest absolute Gasteiger partial charge is 0.336 e. The Labute approximate surface area is 142 Å². The van der Waals surface area contributed by atoms with Crippen molar-refractivity contribution in [2.75, 3.05) is 5.32 Å². The highest BCUT2D eigenvalue weighted by Crippen LogP contribution is 2.29. The van der Waals surface area contributed by atoms with E-state index in [1.165, 1.54) is 0 Å². The smallest absolute Gasteiger partial charge is 0.164 e. The minimum absolute atomic E-state index is 0.140. The second-order valence-corrected chi connectivity index (χ2v) is 7.07. The van der Waals surface area contributed by atoms with E-state index in [1.54, 1.807) is 0 Å². The normalized spacial score (nSPS) is 12.1. The van der Waals surface area contributed by atoms with Crippen molar-refractivity contribution in [2.45, 2.75) is 60.5 Å². The van der Waals surface area contributed by atoms with Gasteiger partial charge in [-0.15, -0.1) is 0 Å². The number of rotatable bonds is 3. The van der Waals surface area contributed by atoms with Gasteiger partial charge in [-0.1, -0.05) is 0 Å². The number of fused-ring (bicyclic) bond motifs is 1. The fraction of sp³-hybridized carbons (Fsp3) is 0.529. The molecule has 0 amide bonds. The molecule has 0 atom stereocenters. The van der Waals surface area contributed by atoms with Crippen LogP contribution in [0, 0.1) is 20.8 Å². The number of aromatic nitrogens is 6. The van der Waals surface area contributed by atoms with Gasteiger partial charge in [0, 0.05) is 6.54 Å². The molecule has 128 valence electrons. The molecule has 0 saturated heterocycles. The van der Waals surface area contributed by atoms with Crippen LogP contribution in [0.25, 0.3) is 11.0 Å². The van der Waals surface area contributed by atoms with Crippen LogP contribution in [0.2, 0.25) is 0 Å². The van der Waals surface area contributed by atoms with Crippen LogP contribution < -0.4 is 5.32 Å². The second kappa shape index (κ2) is 5.58. The third-order valence-corrected chi connectivity index (χ3v) is 4.10. The molecule has 7 heteroatoms. The summed E-state index contributed by atoms with van der Waals surface area (Å²) in [6.45, 7) is 15.2. The SMILES string of the molecule is CCn1nc(C)c(Nc2nc(C)nc3c2cnn3C(C)(C)C)c1C. The maximum atomic E-state index is 4.60. The van der Waals surface area contributed by atoms with Crippen LogP contribution in [0.4, 0.5) is 11.5 Å². The van der Waals surface area contributed by atoms with Crippen LogP contribution in [-0.2, 0) is 12.1 Å². The molecule has 0 bridgehead atoms. The molecule has 7 nitrogen and oxygen atoms in total. The first kappa shape index (κ1) is 16.4. The van der Waals surface area contributed by atoms with Gasteiger partial charge in [-0.3, -0.25) is 4.68 Å². The zero-order chi connectivity index (χ0) is 17.6. The molecular formula is C17H25N7. The summed E-state index contributed by atoms with van der Waals surface area (Å²) < 4.78 is 3.93. The highest BCUT2D eigenvalue weighted by atomic mass is 15.3. The van der Waals surface area contributed by atoms with Gasteiger partial charge >= 0.3 is 0 Å². The molecule has 0 radical (unpaired) electrons. The van der Waals surface area contributed by atoms with Gasteiger partial charge in [-0.25, -0.2) is 14.6 Å². The number of anilines is 2. The lowest BCUT2D eigenvalue weighted by Crippen LogP contribution is -2.23. The van der Waals surface area contributed by atoms with E-state index in [1.807, 2.05) is 29.4 Å². The number of hydrogen-bond donors (Lipinski definition) is 1. The number of nitrogens with zero attached hydrogens (tertiary/aromatic N) is 6. The molecule has 24 heavy (non-hydrogen) atoms. The van der Waals surface area contributed by atoms with Crippen molar-refractivity contribution in [2.24, 2.45) is 0 Å². The van der Waals surface area contributed by atoms with Crippen molar-refractivity contribution < 1.29 is 0 Å². The highest BCUT2D eigenvalue weighted by molar-refractivity contribution is 5.89. The summed E-state index contributed by atoms with van der Waals surface area (Å²) in [4.78, 5) is 9.20. The monoisotopic (exact) mass is 327 g/mol. The lowest BCUT2D eigenvalue weighted by Gasteiger charge is -2.20. The van der Waals surface area contributed by atoms with Crippen molar-refractivity contribution >= 4 is 22.5 Å². The minimum Gasteiger partial charge on any atom is -0.336 e. The van der Waals surface area contributed by atoms with E-state index < -0.39 is 0 Å². The molecule has 0 spiro atoms. The maximum Gasteiger partial charge on any atom is 0.164 e. The number of nitrogens with one attached hydrogen (secondary N) is 1. The molecule has 0 fully saturated rings. The van der Waals surface area contributed by atoms with E-state index in [0.717, 1.165) is 40.5 Å². The van der Waals surface area contributed by atoms with E-state index >= 15 is 0 Å². The molecule has 0 aliphatic carbocycles.